The van der Waals surface area contributed by atoms with E-state index < -0.39 is 0 Å². The van der Waals surface area contributed by atoms with Gasteiger partial charge in [0, 0.05) is 32.1 Å². The van der Waals surface area contributed by atoms with E-state index in [1.165, 1.54) is 12.8 Å². The standard InChI is InChI=1S/C20H27N3O3/c1-24-18-7-8-19(21-20(18)26-17-9-13-25-15-17)23-12-5-6-16(14-23)22-10-3-2-4-11-22/h2-4,7-8,10,16-17H,5-6,9,11-15H2,1H3/t16?,17-/m1/s1. The molecule has 6 nitrogen and oxygen atoms in total. The molecule has 0 radical (unpaired) electrons. The first-order valence-corrected chi connectivity index (χ1v) is 9.47. The Morgan fingerprint density at radius 2 is 2.19 bits per heavy atom. The highest BCUT2D eigenvalue weighted by Gasteiger charge is 2.26. The molecule has 2 saturated heterocycles. The van der Waals surface area contributed by atoms with Gasteiger partial charge in [-0.25, -0.2) is 0 Å². The number of hydrogen-bond donors (Lipinski definition) is 0. The lowest BCUT2D eigenvalue weighted by Crippen LogP contribution is -2.46. The highest BCUT2D eigenvalue weighted by molar-refractivity contribution is 5.47. The maximum atomic E-state index is 6.05. The normalized spacial score (nSPS) is 25.6. The molecule has 1 aromatic rings. The number of hydrogen-bond acceptors (Lipinski definition) is 6. The number of nitrogens with zero attached hydrogens (tertiary/aromatic N) is 3. The van der Waals surface area contributed by atoms with Gasteiger partial charge in [0.15, 0.2) is 5.75 Å². The minimum atomic E-state index is 0.0611. The molecule has 4 heterocycles. The van der Waals surface area contributed by atoms with Crippen LogP contribution in [0.15, 0.2) is 36.6 Å². The maximum absolute atomic E-state index is 6.05. The average Bonchev–Trinajstić information content (AvgIpc) is 3.22. The average molecular weight is 357 g/mol. The lowest BCUT2D eigenvalue weighted by Gasteiger charge is -2.39. The second kappa shape index (κ2) is 7.99. The van der Waals surface area contributed by atoms with Gasteiger partial charge < -0.3 is 24.0 Å². The van der Waals surface area contributed by atoms with E-state index in [4.69, 9.17) is 19.2 Å². The maximum Gasteiger partial charge on any atom is 0.259 e. The van der Waals surface area contributed by atoms with E-state index in [0.29, 0.717) is 24.3 Å². The van der Waals surface area contributed by atoms with Crippen LogP contribution in [0.1, 0.15) is 19.3 Å². The largest absolute Gasteiger partial charge is 0.491 e. The Morgan fingerprint density at radius 1 is 1.23 bits per heavy atom. The molecule has 0 amide bonds. The molecule has 6 heteroatoms. The number of rotatable bonds is 5. The number of allylic oxidation sites excluding steroid dienone is 2. The fourth-order valence-corrected chi connectivity index (χ4v) is 3.78. The Morgan fingerprint density at radius 3 is 2.96 bits per heavy atom. The van der Waals surface area contributed by atoms with Gasteiger partial charge in [-0.3, -0.25) is 0 Å². The molecule has 2 fully saturated rings. The summed E-state index contributed by atoms with van der Waals surface area (Å²) < 4.78 is 16.9. The quantitative estimate of drug-likeness (QED) is 0.807. The molecular weight excluding hydrogens is 330 g/mol. The first-order valence-electron chi connectivity index (χ1n) is 9.47. The zero-order chi connectivity index (χ0) is 17.8. The third-order valence-electron chi connectivity index (χ3n) is 5.23. The summed E-state index contributed by atoms with van der Waals surface area (Å²) in [6.45, 7) is 4.35. The number of anilines is 1. The number of piperidine rings is 1. The van der Waals surface area contributed by atoms with Gasteiger partial charge in [0.1, 0.15) is 11.9 Å². The lowest BCUT2D eigenvalue weighted by molar-refractivity contribution is 0.135. The lowest BCUT2D eigenvalue weighted by atomic mass is 10.0. The van der Waals surface area contributed by atoms with Crippen molar-refractivity contribution < 1.29 is 14.2 Å². The van der Waals surface area contributed by atoms with Crippen molar-refractivity contribution in [1.29, 1.82) is 0 Å². The van der Waals surface area contributed by atoms with E-state index in [2.05, 4.69) is 34.2 Å². The van der Waals surface area contributed by atoms with Crippen LogP contribution in [-0.4, -0.2) is 62.0 Å². The Kier molecular flexibility index (Phi) is 5.29. The Bertz CT molecular complexity index is 670. The molecule has 140 valence electrons. The number of methoxy groups -OCH3 is 1. The molecule has 0 spiro atoms. The van der Waals surface area contributed by atoms with E-state index in [0.717, 1.165) is 38.5 Å². The van der Waals surface area contributed by atoms with E-state index in [9.17, 15) is 0 Å². The van der Waals surface area contributed by atoms with E-state index in [-0.39, 0.29) is 6.10 Å². The van der Waals surface area contributed by atoms with Crippen molar-refractivity contribution in [2.75, 3.05) is 44.9 Å². The van der Waals surface area contributed by atoms with Crippen LogP contribution in [0.5, 0.6) is 11.6 Å². The summed E-state index contributed by atoms with van der Waals surface area (Å²) in [6, 6.07) is 4.51. The van der Waals surface area contributed by atoms with Crippen molar-refractivity contribution in [1.82, 2.24) is 9.88 Å². The molecule has 4 rings (SSSR count). The van der Waals surface area contributed by atoms with E-state index >= 15 is 0 Å². The summed E-state index contributed by atoms with van der Waals surface area (Å²) in [5.74, 6) is 2.21. The van der Waals surface area contributed by atoms with Crippen LogP contribution in [0.3, 0.4) is 0 Å². The van der Waals surface area contributed by atoms with Crippen molar-refractivity contribution in [3.05, 3.63) is 36.6 Å². The van der Waals surface area contributed by atoms with Crippen LogP contribution in [0.25, 0.3) is 0 Å². The van der Waals surface area contributed by atoms with Crippen molar-refractivity contribution >= 4 is 5.82 Å². The number of ether oxygens (including phenoxy) is 3. The van der Waals surface area contributed by atoms with Gasteiger partial charge >= 0.3 is 0 Å². The number of pyridine rings is 1. The zero-order valence-electron chi connectivity index (χ0n) is 15.3. The predicted octanol–water partition coefficient (Wildman–Crippen LogP) is 2.61. The molecule has 0 bridgehead atoms. The Hall–Kier alpha value is -2.21. The van der Waals surface area contributed by atoms with Gasteiger partial charge in [-0.15, -0.1) is 0 Å². The monoisotopic (exact) mass is 357 g/mol. The third kappa shape index (κ3) is 3.80. The molecule has 0 aromatic carbocycles. The summed E-state index contributed by atoms with van der Waals surface area (Å²) in [6.07, 6.45) is 12.0. The molecule has 3 aliphatic heterocycles. The van der Waals surface area contributed by atoms with Crippen LogP contribution in [0.2, 0.25) is 0 Å². The zero-order valence-corrected chi connectivity index (χ0v) is 15.3. The van der Waals surface area contributed by atoms with E-state index in [1.807, 2.05) is 12.1 Å². The van der Waals surface area contributed by atoms with Crippen LogP contribution in [0.4, 0.5) is 5.82 Å². The summed E-state index contributed by atoms with van der Waals surface area (Å²) in [5, 5.41) is 0. The molecule has 1 unspecified atom stereocenters. The molecule has 0 N–H and O–H groups in total. The van der Waals surface area contributed by atoms with Crippen molar-refractivity contribution in [3.8, 4) is 11.6 Å². The second-order valence-electron chi connectivity index (χ2n) is 6.99. The van der Waals surface area contributed by atoms with Gasteiger partial charge in [0.05, 0.1) is 20.3 Å². The first-order chi connectivity index (χ1) is 12.8. The Labute approximate surface area is 155 Å². The summed E-state index contributed by atoms with van der Waals surface area (Å²) in [5.41, 5.74) is 0. The summed E-state index contributed by atoms with van der Waals surface area (Å²) >= 11 is 0. The minimum Gasteiger partial charge on any atom is -0.491 e. The van der Waals surface area contributed by atoms with Crippen molar-refractivity contribution in [3.63, 3.8) is 0 Å². The van der Waals surface area contributed by atoms with Gasteiger partial charge in [-0.1, -0.05) is 12.2 Å². The molecule has 2 atom stereocenters. The minimum absolute atomic E-state index is 0.0611. The second-order valence-corrected chi connectivity index (χ2v) is 6.99. The molecule has 0 saturated carbocycles. The third-order valence-corrected chi connectivity index (χ3v) is 5.23. The highest BCUT2D eigenvalue weighted by atomic mass is 16.6. The van der Waals surface area contributed by atoms with Crippen LogP contribution >= 0.6 is 0 Å². The first kappa shape index (κ1) is 17.2. The molecule has 26 heavy (non-hydrogen) atoms. The fourth-order valence-electron chi connectivity index (χ4n) is 3.78. The fraction of sp³-hybridized carbons (Fsp3) is 0.550. The summed E-state index contributed by atoms with van der Waals surface area (Å²) in [7, 11) is 1.65. The van der Waals surface area contributed by atoms with Crippen LogP contribution in [0, 0.1) is 0 Å². The van der Waals surface area contributed by atoms with Gasteiger partial charge in [0.2, 0.25) is 0 Å². The van der Waals surface area contributed by atoms with Crippen molar-refractivity contribution in [2.45, 2.75) is 31.4 Å². The highest BCUT2D eigenvalue weighted by Crippen LogP contribution is 2.31. The number of aromatic nitrogens is 1. The smallest absolute Gasteiger partial charge is 0.259 e. The topological polar surface area (TPSA) is 47.1 Å². The Balaban J connectivity index is 1.48. The van der Waals surface area contributed by atoms with E-state index in [1.54, 1.807) is 7.11 Å². The van der Waals surface area contributed by atoms with Gasteiger partial charge in [0.25, 0.3) is 5.88 Å². The molecular formula is C20H27N3O3. The van der Waals surface area contributed by atoms with Gasteiger partial charge in [-0.2, -0.15) is 4.98 Å². The molecule has 1 aromatic heterocycles. The van der Waals surface area contributed by atoms with Crippen molar-refractivity contribution in [2.24, 2.45) is 0 Å². The summed E-state index contributed by atoms with van der Waals surface area (Å²) in [4.78, 5) is 9.56. The molecule has 3 aliphatic rings. The SMILES string of the molecule is COc1ccc(N2CCCC(N3C=CC=CC3)C2)nc1O[C@@H]1CCOC1. The van der Waals surface area contributed by atoms with Crippen LogP contribution < -0.4 is 14.4 Å². The van der Waals surface area contributed by atoms with Crippen LogP contribution in [-0.2, 0) is 4.74 Å². The molecule has 0 aliphatic carbocycles. The van der Waals surface area contributed by atoms with Gasteiger partial charge in [-0.05, 0) is 37.3 Å². The predicted molar refractivity (Wildman–Crippen MR) is 101 cm³/mol.